The summed E-state index contributed by atoms with van der Waals surface area (Å²) in [7, 11) is 0. The van der Waals surface area contributed by atoms with Gasteiger partial charge < -0.3 is 5.32 Å². The molecule has 0 spiro atoms. The van der Waals surface area contributed by atoms with E-state index in [1.54, 1.807) is 24.3 Å². The summed E-state index contributed by atoms with van der Waals surface area (Å²) in [4.78, 5) is 12.5. The van der Waals surface area contributed by atoms with E-state index >= 15 is 0 Å². The lowest BCUT2D eigenvalue weighted by atomic mass is 10.3. The van der Waals surface area contributed by atoms with Gasteiger partial charge in [0.15, 0.2) is 5.69 Å². The van der Waals surface area contributed by atoms with E-state index in [2.05, 4.69) is 23.0 Å². The number of rotatable bonds is 4. The van der Waals surface area contributed by atoms with Crippen LogP contribution in [-0.2, 0) is 6.18 Å². The van der Waals surface area contributed by atoms with Gasteiger partial charge in [-0.25, -0.2) is 4.68 Å². The van der Waals surface area contributed by atoms with Crippen molar-refractivity contribution in [1.82, 2.24) is 15.1 Å². The molecule has 0 atom stereocenters. The molecule has 1 heterocycles. The van der Waals surface area contributed by atoms with Crippen LogP contribution in [0.2, 0.25) is 0 Å². The lowest BCUT2D eigenvalue weighted by Gasteiger charge is -2.09. The molecular formula is C14H14F3N3OS. The Labute approximate surface area is 130 Å². The minimum atomic E-state index is -4.63. The number of carbonyl (C=O) groups excluding carboxylic acids is 1. The summed E-state index contributed by atoms with van der Waals surface area (Å²) in [5, 5.41) is 6.07. The van der Waals surface area contributed by atoms with Crippen molar-refractivity contribution >= 4 is 18.5 Å². The van der Waals surface area contributed by atoms with Crippen LogP contribution in [0.15, 0.2) is 35.2 Å². The van der Waals surface area contributed by atoms with Crippen molar-refractivity contribution in [2.45, 2.75) is 24.4 Å². The van der Waals surface area contributed by atoms with Crippen molar-refractivity contribution in [3.05, 3.63) is 41.7 Å². The van der Waals surface area contributed by atoms with Crippen LogP contribution in [0, 0.1) is 0 Å². The van der Waals surface area contributed by atoms with Gasteiger partial charge in [0, 0.05) is 17.5 Å². The molecule has 0 aliphatic rings. The molecule has 0 aliphatic heterocycles. The topological polar surface area (TPSA) is 46.9 Å². The van der Waals surface area contributed by atoms with Gasteiger partial charge in [-0.3, -0.25) is 4.79 Å². The predicted octanol–water partition coefficient (Wildman–Crippen LogP) is 3.32. The van der Waals surface area contributed by atoms with E-state index in [1.807, 2.05) is 6.92 Å². The monoisotopic (exact) mass is 329 g/mol. The van der Waals surface area contributed by atoms with Crippen LogP contribution in [0.25, 0.3) is 5.69 Å². The average molecular weight is 329 g/mol. The van der Waals surface area contributed by atoms with E-state index in [-0.39, 0.29) is 5.69 Å². The number of hydrogen-bond acceptors (Lipinski definition) is 3. The third-order valence-corrected chi connectivity index (χ3v) is 3.26. The fraction of sp³-hybridized carbons (Fsp3) is 0.286. The molecule has 1 aromatic heterocycles. The van der Waals surface area contributed by atoms with E-state index in [4.69, 9.17) is 0 Å². The average Bonchev–Trinajstić information content (AvgIpc) is 2.90. The molecule has 0 saturated heterocycles. The summed E-state index contributed by atoms with van der Waals surface area (Å²) >= 11 is 4.20. The Morgan fingerprint density at radius 1 is 1.36 bits per heavy atom. The number of halogens is 3. The van der Waals surface area contributed by atoms with Gasteiger partial charge in [-0.2, -0.15) is 18.3 Å². The molecule has 8 heteroatoms. The number of alkyl halides is 3. The highest BCUT2D eigenvalue weighted by Crippen LogP contribution is 2.30. The first-order valence-corrected chi connectivity index (χ1v) is 7.03. The number of carbonyl (C=O) groups is 1. The zero-order valence-corrected chi connectivity index (χ0v) is 12.6. The smallest absolute Gasteiger partial charge is 0.351 e. The minimum absolute atomic E-state index is 0.178. The molecule has 2 rings (SSSR count). The van der Waals surface area contributed by atoms with Gasteiger partial charge in [0.2, 0.25) is 0 Å². The molecule has 0 bridgehead atoms. The summed E-state index contributed by atoms with van der Waals surface area (Å²) in [6.07, 6.45) is -3.95. The number of amides is 1. The second-order valence-electron chi connectivity index (χ2n) is 4.57. The molecule has 4 nitrogen and oxygen atoms in total. The molecule has 0 radical (unpaired) electrons. The van der Waals surface area contributed by atoms with Gasteiger partial charge in [0.25, 0.3) is 5.91 Å². The Kier molecular flexibility index (Phi) is 4.80. The maximum atomic E-state index is 12.9. The highest BCUT2D eigenvalue weighted by atomic mass is 32.1. The lowest BCUT2D eigenvalue weighted by Crippen LogP contribution is -2.26. The molecular weight excluding hydrogens is 315 g/mol. The van der Waals surface area contributed by atoms with Crippen LogP contribution in [-0.4, -0.2) is 22.2 Å². The van der Waals surface area contributed by atoms with E-state index in [0.29, 0.717) is 23.5 Å². The summed E-state index contributed by atoms with van der Waals surface area (Å²) in [5.41, 5.74) is -0.990. The van der Waals surface area contributed by atoms with Crippen LogP contribution in [0.3, 0.4) is 0 Å². The van der Waals surface area contributed by atoms with E-state index in [0.717, 1.165) is 10.7 Å². The van der Waals surface area contributed by atoms with Crippen molar-refractivity contribution < 1.29 is 18.0 Å². The third kappa shape index (κ3) is 3.44. The molecule has 1 N–H and O–H groups in total. The summed E-state index contributed by atoms with van der Waals surface area (Å²) in [5.74, 6) is -0.610. The number of para-hydroxylation sites is 1. The van der Waals surface area contributed by atoms with Crippen molar-refractivity contribution in [1.29, 1.82) is 0 Å². The molecule has 1 aromatic carbocycles. The van der Waals surface area contributed by atoms with Gasteiger partial charge >= 0.3 is 6.18 Å². The number of nitrogens with one attached hydrogen (secondary N) is 1. The number of benzene rings is 1. The zero-order chi connectivity index (χ0) is 16.3. The fourth-order valence-corrected chi connectivity index (χ4v) is 2.09. The Bertz CT molecular complexity index is 682. The summed E-state index contributed by atoms with van der Waals surface area (Å²) < 4.78 is 39.6. The van der Waals surface area contributed by atoms with Crippen molar-refractivity contribution in [3.63, 3.8) is 0 Å². The Hall–Kier alpha value is -1.96. The molecule has 118 valence electrons. The molecule has 2 aromatic rings. The van der Waals surface area contributed by atoms with Gasteiger partial charge in [-0.05, 0) is 18.6 Å². The summed E-state index contributed by atoms with van der Waals surface area (Å²) in [6, 6.07) is 7.23. The first kappa shape index (κ1) is 16.4. The first-order chi connectivity index (χ1) is 10.3. The minimum Gasteiger partial charge on any atom is -0.351 e. The molecule has 0 unspecified atom stereocenters. The first-order valence-electron chi connectivity index (χ1n) is 6.58. The fourth-order valence-electron chi connectivity index (χ4n) is 1.84. The number of hydrogen-bond donors (Lipinski definition) is 2. The number of thiol groups is 1. The zero-order valence-electron chi connectivity index (χ0n) is 11.7. The Balaban J connectivity index is 2.54. The van der Waals surface area contributed by atoms with Gasteiger partial charge in [-0.15, -0.1) is 12.6 Å². The van der Waals surface area contributed by atoms with Crippen LogP contribution >= 0.6 is 12.6 Å². The van der Waals surface area contributed by atoms with Crippen LogP contribution < -0.4 is 5.32 Å². The van der Waals surface area contributed by atoms with Gasteiger partial charge in [0.05, 0.1) is 5.69 Å². The van der Waals surface area contributed by atoms with Crippen LogP contribution in [0.4, 0.5) is 13.2 Å². The van der Waals surface area contributed by atoms with Gasteiger partial charge in [0.1, 0.15) is 5.69 Å². The second kappa shape index (κ2) is 6.43. The van der Waals surface area contributed by atoms with Crippen molar-refractivity contribution in [3.8, 4) is 5.69 Å². The van der Waals surface area contributed by atoms with Crippen molar-refractivity contribution in [2.24, 2.45) is 0 Å². The van der Waals surface area contributed by atoms with E-state index in [9.17, 15) is 18.0 Å². The van der Waals surface area contributed by atoms with Crippen LogP contribution in [0.5, 0.6) is 0 Å². The largest absolute Gasteiger partial charge is 0.435 e. The second-order valence-corrected chi connectivity index (χ2v) is 5.05. The van der Waals surface area contributed by atoms with Gasteiger partial charge in [-0.1, -0.05) is 19.1 Å². The van der Waals surface area contributed by atoms with E-state index in [1.165, 1.54) is 0 Å². The highest BCUT2D eigenvalue weighted by molar-refractivity contribution is 7.80. The molecule has 1 amide bonds. The molecule has 22 heavy (non-hydrogen) atoms. The quantitative estimate of drug-likeness (QED) is 0.846. The highest BCUT2D eigenvalue weighted by Gasteiger charge is 2.36. The number of aromatic nitrogens is 2. The standard InChI is InChI=1S/C14H14F3N3OS/c1-2-7-18-13(21)10-8-12(14(15,16)17)19-20(10)9-5-3-4-6-11(9)22/h3-6,8,22H,2,7H2,1H3,(H,18,21). The van der Waals surface area contributed by atoms with E-state index < -0.39 is 17.8 Å². The normalized spacial score (nSPS) is 11.5. The lowest BCUT2D eigenvalue weighted by molar-refractivity contribution is -0.141. The van der Waals surface area contributed by atoms with Crippen LogP contribution in [0.1, 0.15) is 29.5 Å². The SMILES string of the molecule is CCCNC(=O)c1cc(C(F)(F)F)nn1-c1ccccc1S. The Morgan fingerprint density at radius 2 is 2.05 bits per heavy atom. The van der Waals surface area contributed by atoms with Crippen molar-refractivity contribution in [2.75, 3.05) is 6.54 Å². The maximum Gasteiger partial charge on any atom is 0.435 e. The maximum absolute atomic E-state index is 12.9. The Morgan fingerprint density at radius 3 is 2.64 bits per heavy atom. The predicted molar refractivity (Wildman–Crippen MR) is 78.4 cm³/mol. The molecule has 0 saturated carbocycles. The molecule has 0 fully saturated rings. The number of nitrogens with zero attached hydrogens (tertiary/aromatic N) is 2. The third-order valence-electron chi connectivity index (χ3n) is 2.88. The summed E-state index contributed by atoms with van der Waals surface area (Å²) in [6.45, 7) is 2.22. The molecule has 0 aliphatic carbocycles.